The van der Waals surface area contributed by atoms with E-state index in [1.807, 2.05) is 0 Å². The summed E-state index contributed by atoms with van der Waals surface area (Å²) < 4.78 is 65.3. The van der Waals surface area contributed by atoms with Gasteiger partial charge in [-0.25, -0.2) is 9.36 Å². The highest BCUT2D eigenvalue weighted by Gasteiger charge is 2.60. The Morgan fingerprint density at radius 1 is 1.20 bits per heavy atom. The summed E-state index contributed by atoms with van der Waals surface area (Å²) in [5.41, 5.74) is 5.01. The molecule has 1 fully saturated rings. The molecule has 1 aliphatic rings. The average Bonchev–Trinajstić information content (AvgIpc) is 3.15. The Kier molecular flexibility index (Phi) is 8.96. The van der Waals surface area contributed by atoms with Crippen molar-refractivity contribution in [3.63, 3.8) is 0 Å². The van der Waals surface area contributed by atoms with Crippen LogP contribution in [0.1, 0.15) is 18.7 Å². The minimum atomic E-state index is -4.46. The van der Waals surface area contributed by atoms with E-state index in [0.717, 1.165) is 17.8 Å². The van der Waals surface area contributed by atoms with Crippen molar-refractivity contribution in [2.24, 2.45) is 0 Å². The predicted molar refractivity (Wildman–Crippen MR) is 137 cm³/mol. The topological polar surface area (TPSA) is 164 Å². The Bertz CT molecular complexity index is 1410. The summed E-state index contributed by atoms with van der Waals surface area (Å²) in [4.78, 5) is 28.1. The fourth-order valence-corrected chi connectivity index (χ4v) is 5.24. The molecule has 3 unspecified atom stereocenters. The van der Waals surface area contributed by atoms with E-state index in [1.54, 1.807) is 48.5 Å². The number of nitrogen functional groups attached to an aromatic ring is 1. The molecular weight excluding hydrogens is 553 g/mol. The molecule has 1 saturated heterocycles. The van der Waals surface area contributed by atoms with E-state index in [2.05, 4.69) is 10.1 Å². The molecule has 1 aliphatic heterocycles. The number of hydrogen-bond donors (Lipinski definition) is 3. The number of nitrogens with zero attached hydrogens (tertiary/aromatic N) is 2. The normalized spacial score (nSPS) is 22.2. The van der Waals surface area contributed by atoms with Crippen LogP contribution in [0.3, 0.4) is 0 Å². The second-order valence-electron chi connectivity index (χ2n) is 8.83. The summed E-state index contributed by atoms with van der Waals surface area (Å²) in [7, 11) is -4.46. The fraction of sp³-hybridized carbons (Fsp3) is 0.320. The third-order valence-corrected chi connectivity index (χ3v) is 7.43. The Labute approximate surface area is 227 Å². The molecule has 1 aromatic heterocycles. The van der Waals surface area contributed by atoms with E-state index in [-0.39, 0.29) is 18.2 Å². The van der Waals surface area contributed by atoms with Crippen molar-refractivity contribution in [2.75, 3.05) is 12.3 Å². The van der Waals surface area contributed by atoms with Gasteiger partial charge in [0.1, 0.15) is 30.3 Å². The molecule has 0 bridgehead atoms. The Morgan fingerprint density at radius 2 is 1.85 bits per heavy atom. The first-order valence-electron chi connectivity index (χ1n) is 12.0. The van der Waals surface area contributed by atoms with E-state index in [0.29, 0.717) is 4.57 Å². The van der Waals surface area contributed by atoms with Gasteiger partial charge in [-0.3, -0.25) is 13.9 Å². The van der Waals surface area contributed by atoms with Crippen molar-refractivity contribution >= 4 is 19.5 Å². The van der Waals surface area contributed by atoms with Gasteiger partial charge in [-0.05, 0) is 30.7 Å². The Morgan fingerprint density at radius 3 is 2.50 bits per heavy atom. The molecule has 4 N–H and O–H groups in total. The lowest BCUT2D eigenvalue weighted by atomic mass is 10.1. The molecule has 0 saturated carbocycles. The summed E-state index contributed by atoms with van der Waals surface area (Å²) in [5, 5.41) is 12.7. The number of nitrogens with one attached hydrogen (secondary N) is 1. The molecule has 0 spiro atoms. The maximum Gasteiger partial charge on any atom is 0.459 e. The van der Waals surface area contributed by atoms with Gasteiger partial charge < -0.3 is 24.8 Å². The highest BCUT2D eigenvalue weighted by atomic mass is 31.2. The molecule has 0 amide bonds. The maximum atomic E-state index is 14.9. The largest absolute Gasteiger partial charge is 0.460 e. The quantitative estimate of drug-likeness (QED) is 0.226. The van der Waals surface area contributed by atoms with Crippen molar-refractivity contribution < 1.29 is 41.8 Å². The number of esters is 1. The molecule has 3 aromatic rings. The van der Waals surface area contributed by atoms with Gasteiger partial charge in [0, 0.05) is 6.20 Å². The van der Waals surface area contributed by atoms with Crippen LogP contribution in [-0.4, -0.2) is 51.4 Å². The number of aliphatic hydroxyl groups is 1. The minimum Gasteiger partial charge on any atom is -0.460 e. The van der Waals surface area contributed by atoms with E-state index in [9.17, 15) is 28.0 Å². The Hall–Kier alpha value is -3.68. The van der Waals surface area contributed by atoms with Gasteiger partial charge >= 0.3 is 25.3 Å². The summed E-state index contributed by atoms with van der Waals surface area (Å²) in [6, 6.07) is 16.5. The van der Waals surface area contributed by atoms with Crippen LogP contribution < -0.4 is 21.0 Å². The number of hydrogen-bond acceptors (Lipinski definition) is 10. The SMILES string of the molecule is C[C@H](NP(=O)(OCC1OC(n2ccc(N)nc2=O)C(F)(F)[C@@H]1O)Oc1ccccc1)C(=O)OCc1ccccc1. The van der Waals surface area contributed by atoms with E-state index in [1.165, 1.54) is 19.1 Å². The van der Waals surface area contributed by atoms with Crippen LogP contribution in [0, 0.1) is 0 Å². The van der Waals surface area contributed by atoms with Crippen molar-refractivity contribution in [3.05, 3.63) is 89.0 Å². The summed E-state index contributed by atoms with van der Waals surface area (Å²) in [6.45, 7) is 0.435. The highest BCUT2D eigenvalue weighted by molar-refractivity contribution is 7.52. The number of halogens is 2. The van der Waals surface area contributed by atoms with Gasteiger partial charge in [-0.2, -0.15) is 18.9 Å². The van der Waals surface area contributed by atoms with Gasteiger partial charge in [0.05, 0.1) is 6.61 Å². The van der Waals surface area contributed by atoms with Gasteiger partial charge in [-0.1, -0.05) is 48.5 Å². The number of para-hydroxylation sites is 1. The van der Waals surface area contributed by atoms with Gasteiger partial charge in [0.2, 0.25) is 6.23 Å². The van der Waals surface area contributed by atoms with Gasteiger partial charge in [0.15, 0.2) is 6.10 Å². The van der Waals surface area contributed by atoms with E-state index in [4.69, 9.17) is 24.3 Å². The van der Waals surface area contributed by atoms with Crippen LogP contribution in [0.25, 0.3) is 0 Å². The maximum absolute atomic E-state index is 14.9. The molecular formula is C25H27F2N4O8P. The number of benzene rings is 2. The number of nitrogens with two attached hydrogens (primary N) is 1. The third kappa shape index (κ3) is 6.90. The van der Waals surface area contributed by atoms with E-state index >= 15 is 0 Å². The molecule has 12 nitrogen and oxygen atoms in total. The molecule has 4 rings (SSSR count). The molecule has 2 heterocycles. The summed E-state index contributed by atoms with van der Waals surface area (Å²) in [6.07, 6.45) is -5.50. The first-order valence-corrected chi connectivity index (χ1v) is 13.6. The monoisotopic (exact) mass is 580 g/mol. The standard InChI is InChI=1S/C25H27F2N4O8P/c1-16(22(33)36-14-17-8-4-2-5-9-17)30-40(35,39-18-10-6-3-7-11-18)37-15-19-21(32)25(26,27)23(38-19)31-13-12-20(28)29-24(31)34/h2-13,16,19,21,23,32H,14-15H2,1H3,(H,30,35)(H2,28,29,34)/t16-,19?,21+,23?,40?/m0/s1. The number of aromatic nitrogens is 2. The number of carbonyl (C=O) groups excluding carboxylic acids is 1. The number of ether oxygens (including phenoxy) is 2. The highest BCUT2D eigenvalue weighted by Crippen LogP contribution is 2.48. The number of carbonyl (C=O) groups is 1. The van der Waals surface area contributed by atoms with Gasteiger partial charge in [0.25, 0.3) is 0 Å². The summed E-state index contributed by atoms with van der Waals surface area (Å²) >= 11 is 0. The van der Waals surface area contributed by atoms with Gasteiger partial charge in [-0.15, -0.1) is 0 Å². The Balaban J connectivity index is 1.47. The predicted octanol–water partition coefficient (Wildman–Crippen LogP) is 2.64. The smallest absolute Gasteiger partial charge is 0.459 e. The molecule has 5 atom stereocenters. The van der Waals surface area contributed by atoms with Crippen molar-refractivity contribution in [1.29, 1.82) is 0 Å². The lowest BCUT2D eigenvalue weighted by molar-refractivity contribution is -0.146. The van der Waals surface area contributed by atoms with Crippen molar-refractivity contribution in [2.45, 2.75) is 43.9 Å². The molecule has 214 valence electrons. The van der Waals surface area contributed by atoms with Crippen LogP contribution in [0.2, 0.25) is 0 Å². The van der Waals surface area contributed by atoms with Crippen LogP contribution in [0.15, 0.2) is 77.7 Å². The second-order valence-corrected chi connectivity index (χ2v) is 10.5. The van der Waals surface area contributed by atoms with Crippen LogP contribution in [-0.2, 0) is 30.0 Å². The zero-order valence-corrected chi connectivity index (χ0v) is 22.0. The number of anilines is 1. The molecule has 0 aliphatic carbocycles. The zero-order chi connectivity index (χ0) is 28.9. The first kappa shape index (κ1) is 29.3. The molecule has 2 aromatic carbocycles. The number of rotatable bonds is 11. The zero-order valence-electron chi connectivity index (χ0n) is 21.1. The minimum absolute atomic E-state index is 0.0473. The van der Waals surface area contributed by atoms with Crippen LogP contribution in [0.5, 0.6) is 5.75 Å². The molecule has 40 heavy (non-hydrogen) atoms. The average molecular weight is 580 g/mol. The lowest BCUT2D eigenvalue weighted by Crippen LogP contribution is -2.42. The molecule has 15 heteroatoms. The van der Waals surface area contributed by atoms with Crippen LogP contribution >= 0.6 is 7.75 Å². The van der Waals surface area contributed by atoms with E-state index < -0.39 is 56.4 Å². The van der Waals surface area contributed by atoms with Crippen LogP contribution in [0.4, 0.5) is 14.6 Å². The second kappa shape index (κ2) is 12.2. The third-order valence-electron chi connectivity index (χ3n) is 5.79. The van der Waals surface area contributed by atoms with Crippen molar-refractivity contribution in [1.82, 2.24) is 14.6 Å². The van der Waals surface area contributed by atoms with Crippen molar-refractivity contribution in [3.8, 4) is 5.75 Å². The lowest BCUT2D eigenvalue weighted by Gasteiger charge is -2.24. The fourth-order valence-electron chi connectivity index (χ4n) is 3.74. The summed E-state index contributed by atoms with van der Waals surface area (Å²) in [5.74, 6) is -4.85. The number of alkyl halides is 2. The molecule has 0 radical (unpaired) electrons. The first-order chi connectivity index (χ1) is 19.0. The number of aliphatic hydroxyl groups excluding tert-OH is 1.